The average molecular weight is 308 g/mol. The van der Waals surface area contributed by atoms with Gasteiger partial charge >= 0.3 is 0 Å². The Morgan fingerprint density at radius 2 is 2.11 bits per heavy atom. The van der Waals surface area contributed by atoms with Crippen molar-refractivity contribution in [3.05, 3.63) is 51.9 Å². The molecule has 0 spiro atoms. The molecule has 94 valence electrons. The Balaban J connectivity index is 2.01. The third-order valence-electron chi connectivity index (χ3n) is 3.20. The highest BCUT2D eigenvalue weighted by Gasteiger charge is 2.21. The second-order valence-corrected chi connectivity index (χ2v) is 5.19. The van der Waals surface area contributed by atoms with Gasteiger partial charge in [0.15, 0.2) is 4.67 Å². The highest BCUT2D eigenvalue weighted by molar-refractivity contribution is 9.10. The van der Waals surface area contributed by atoms with E-state index in [1.165, 1.54) is 5.56 Å². The Labute approximate surface area is 114 Å². The molecule has 0 bridgehead atoms. The molecule has 1 aromatic carbocycles. The number of benzene rings is 1. The molecule has 2 heterocycles. The number of para-hydroxylation sites is 1. The van der Waals surface area contributed by atoms with E-state index in [0.29, 0.717) is 4.67 Å². The minimum absolute atomic E-state index is 0.288. The van der Waals surface area contributed by atoms with E-state index in [9.17, 15) is 0 Å². The lowest BCUT2D eigenvalue weighted by molar-refractivity contribution is 0.283. The molecule has 3 rings (SSSR count). The number of halogens is 1. The second kappa shape index (κ2) is 4.78. The largest absolute Gasteiger partial charge is 0.493 e. The van der Waals surface area contributed by atoms with Gasteiger partial charge in [-0.2, -0.15) is 0 Å². The van der Waals surface area contributed by atoms with E-state index >= 15 is 0 Å². The van der Waals surface area contributed by atoms with E-state index < -0.39 is 0 Å². The van der Waals surface area contributed by atoms with E-state index in [1.54, 1.807) is 0 Å². The summed E-state index contributed by atoms with van der Waals surface area (Å²) in [4.78, 5) is 0. The average Bonchev–Trinajstić information content (AvgIpc) is 2.84. The van der Waals surface area contributed by atoms with Crippen molar-refractivity contribution in [2.24, 2.45) is 5.73 Å². The molecule has 4 heteroatoms. The minimum atomic E-state index is -0.288. The van der Waals surface area contributed by atoms with Crippen LogP contribution in [0.2, 0.25) is 0 Å². The maximum Gasteiger partial charge on any atom is 0.169 e. The van der Waals surface area contributed by atoms with Gasteiger partial charge in [-0.05, 0) is 46.5 Å². The lowest BCUT2D eigenvalue weighted by atomic mass is 9.97. The highest BCUT2D eigenvalue weighted by Crippen LogP contribution is 2.35. The maximum absolute atomic E-state index is 6.26. The molecule has 3 nitrogen and oxygen atoms in total. The van der Waals surface area contributed by atoms with Crippen LogP contribution < -0.4 is 10.5 Å². The molecule has 1 aromatic heterocycles. The van der Waals surface area contributed by atoms with Crippen molar-refractivity contribution >= 4 is 15.9 Å². The summed E-state index contributed by atoms with van der Waals surface area (Å²) in [5.74, 6) is 1.67. The van der Waals surface area contributed by atoms with Crippen LogP contribution in [0.1, 0.15) is 29.3 Å². The normalized spacial score (nSPS) is 15.9. The molecule has 2 aromatic rings. The molecule has 0 saturated heterocycles. The molecule has 1 unspecified atom stereocenters. The van der Waals surface area contributed by atoms with Crippen LogP contribution in [0.15, 0.2) is 39.4 Å². The summed E-state index contributed by atoms with van der Waals surface area (Å²) in [7, 11) is 0. The van der Waals surface area contributed by atoms with E-state index in [0.717, 1.165) is 36.5 Å². The summed E-state index contributed by atoms with van der Waals surface area (Å²) in [5, 5.41) is 0. The first-order valence-corrected chi connectivity index (χ1v) is 6.80. The molecule has 0 aliphatic carbocycles. The van der Waals surface area contributed by atoms with Gasteiger partial charge in [-0.25, -0.2) is 0 Å². The number of nitrogens with two attached hydrogens (primary N) is 1. The van der Waals surface area contributed by atoms with Crippen LogP contribution in [0.3, 0.4) is 0 Å². The van der Waals surface area contributed by atoms with Gasteiger partial charge in [-0.3, -0.25) is 0 Å². The van der Waals surface area contributed by atoms with Gasteiger partial charge in [-0.1, -0.05) is 18.2 Å². The first kappa shape index (κ1) is 11.8. The number of rotatable bonds is 2. The lowest BCUT2D eigenvalue weighted by Gasteiger charge is -2.22. The van der Waals surface area contributed by atoms with E-state index in [1.807, 2.05) is 24.3 Å². The summed E-state index contributed by atoms with van der Waals surface area (Å²) in [6.45, 7) is 0.762. The molecule has 0 amide bonds. The van der Waals surface area contributed by atoms with Crippen molar-refractivity contribution in [2.75, 3.05) is 6.61 Å². The molecule has 1 aliphatic heterocycles. The number of hydrogen-bond acceptors (Lipinski definition) is 3. The number of ether oxygens (including phenoxy) is 1. The van der Waals surface area contributed by atoms with E-state index in [2.05, 4.69) is 22.0 Å². The molecule has 1 atom stereocenters. The van der Waals surface area contributed by atoms with Crippen molar-refractivity contribution in [1.82, 2.24) is 0 Å². The SMILES string of the molecule is NC(c1ccc(Br)o1)c1cccc2c1OCCC2. The Morgan fingerprint density at radius 3 is 2.89 bits per heavy atom. The van der Waals surface area contributed by atoms with Crippen LogP contribution >= 0.6 is 15.9 Å². The fourth-order valence-electron chi connectivity index (χ4n) is 2.31. The topological polar surface area (TPSA) is 48.4 Å². The number of aryl methyl sites for hydroxylation is 1. The van der Waals surface area contributed by atoms with Crippen molar-refractivity contribution in [3.8, 4) is 5.75 Å². The highest BCUT2D eigenvalue weighted by atomic mass is 79.9. The Bertz CT molecular complexity index is 565. The predicted octanol–water partition coefficient (Wildman–Crippen LogP) is 3.42. The Hall–Kier alpha value is -1.26. The summed E-state index contributed by atoms with van der Waals surface area (Å²) >= 11 is 3.29. The molecular weight excluding hydrogens is 294 g/mol. The fraction of sp³-hybridized carbons (Fsp3) is 0.286. The van der Waals surface area contributed by atoms with Gasteiger partial charge in [0, 0.05) is 5.56 Å². The van der Waals surface area contributed by atoms with Gasteiger partial charge in [0.05, 0.1) is 12.6 Å². The van der Waals surface area contributed by atoms with E-state index in [4.69, 9.17) is 14.9 Å². The zero-order chi connectivity index (χ0) is 12.5. The summed E-state index contributed by atoms with van der Waals surface area (Å²) in [5.41, 5.74) is 8.49. The maximum atomic E-state index is 6.26. The van der Waals surface area contributed by atoms with Crippen LogP contribution in [0, 0.1) is 0 Å². The van der Waals surface area contributed by atoms with Crippen molar-refractivity contribution in [3.63, 3.8) is 0 Å². The van der Waals surface area contributed by atoms with Crippen molar-refractivity contribution in [1.29, 1.82) is 0 Å². The van der Waals surface area contributed by atoms with Crippen LogP contribution in [0.5, 0.6) is 5.75 Å². The first-order chi connectivity index (χ1) is 8.75. The van der Waals surface area contributed by atoms with Gasteiger partial charge in [-0.15, -0.1) is 0 Å². The fourth-order valence-corrected chi connectivity index (χ4v) is 2.63. The third kappa shape index (κ3) is 2.06. The monoisotopic (exact) mass is 307 g/mol. The lowest BCUT2D eigenvalue weighted by Crippen LogP contribution is -2.16. The van der Waals surface area contributed by atoms with Gasteiger partial charge in [0.2, 0.25) is 0 Å². The number of fused-ring (bicyclic) bond motifs is 1. The number of hydrogen-bond donors (Lipinski definition) is 1. The minimum Gasteiger partial charge on any atom is -0.493 e. The van der Waals surface area contributed by atoms with Crippen LogP contribution in [-0.4, -0.2) is 6.61 Å². The molecule has 0 fully saturated rings. The standard InChI is InChI=1S/C14H14BrNO2/c15-12-7-6-11(18-12)13(16)10-5-1-3-9-4-2-8-17-14(9)10/h1,3,5-7,13H,2,4,8,16H2. The van der Waals surface area contributed by atoms with E-state index in [-0.39, 0.29) is 6.04 Å². The molecule has 0 saturated carbocycles. The van der Waals surface area contributed by atoms with Gasteiger partial charge < -0.3 is 14.9 Å². The predicted molar refractivity (Wildman–Crippen MR) is 72.7 cm³/mol. The first-order valence-electron chi connectivity index (χ1n) is 6.01. The Morgan fingerprint density at radius 1 is 1.22 bits per heavy atom. The van der Waals surface area contributed by atoms with Crippen LogP contribution in [0.25, 0.3) is 0 Å². The van der Waals surface area contributed by atoms with Crippen LogP contribution in [-0.2, 0) is 6.42 Å². The molecular formula is C14H14BrNO2. The van der Waals surface area contributed by atoms with Crippen LogP contribution in [0.4, 0.5) is 0 Å². The Kier molecular flexibility index (Phi) is 3.14. The molecule has 0 radical (unpaired) electrons. The van der Waals surface area contributed by atoms with Crippen molar-refractivity contribution in [2.45, 2.75) is 18.9 Å². The third-order valence-corrected chi connectivity index (χ3v) is 3.63. The molecule has 2 N–H and O–H groups in total. The van der Waals surface area contributed by atoms with Crippen molar-refractivity contribution < 1.29 is 9.15 Å². The summed E-state index contributed by atoms with van der Waals surface area (Å²) < 4.78 is 12.0. The quantitative estimate of drug-likeness (QED) is 0.925. The summed E-state index contributed by atoms with van der Waals surface area (Å²) in [6.07, 6.45) is 2.12. The second-order valence-electron chi connectivity index (χ2n) is 4.41. The zero-order valence-corrected chi connectivity index (χ0v) is 11.4. The molecule has 18 heavy (non-hydrogen) atoms. The smallest absolute Gasteiger partial charge is 0.169 e. The molecule has 1 aliphatic rings. The number of furan rings is 1. The van der Waals surface area contributed by atoms with Gasteiger partial charge in [0.25, 0.3) is 0 Å². The zero-order valence-electron chi connectivity index (χ0n) is 9.86. The van der Waals surface area contributed by atoms with Gasteiger partial charge in [0.1, 0.15) is 11.5 Å². The summed E-state index contributed by atoms with van der Waals surface area (Å²) in [6, 6.07) is 9.58.